The van der Waals surface area contributed by atoms with Crippen molar-refractivity contribution in [3.8, 4) is 0 Å². The van der Waals surface area contributed by atoms with Crippen molar-refractivity contribution in [1.82, 2.24) is 0 Å². The molecule has 0 saturated heterocycles. The summed E-state index contributed by atoms with van der Waals surface area (Å²) in [5.74, 6) is -0.201. The fourth-order valence-corrected chi connectivity index (χ4v) is 1.06. The third-order valence-electron chi connectivity index (χ3n) is 1.64. The van der Waals surface area contributed by atoms with E-state index in [0.717, 1.165) is 5.56 Å². The van der Waals surface area contributed by atoms with E-state index in [1.54, 1.807) is 6.07 Å². The normalized spacial score (nSPS) is 12.3. The Kier molecular flexibility index (Phi) is 3.39. The van der Waals surface area contributed by atoms with Gasteiger partial charge >= 0.3 is 0 Å². The molecule has 1 aromatic carbocycles. The molecule has 1 aromatic rings. The summed E-state index contributed by atoms with van der Waals surface area (Å²) in [6.45, 7) is 6.81. The van der Waals surface area contributed by atoms with Crippen LogP contribution in [-0.2, 0) is 6.54 Å². The molecule has 0 spiro atoms. The second kappa shape index (κ2) is 4.36. The topological polar surface area (TPSA) is 12.4 Å². The minimum Gasteiger partial charge on any atom is -0.292 e. The first-order valence-electron chi connectivity index (χ1n) is 4.73. The van der Waals surface area contributed by atoms with Gasteiger partial charge in [-0.15, -0.1) is 0 Å². The number of hydrogen-bond acceptors (Lipinski definition) is 1. The van der Waals surface area contributed by atoms with Crippen LogP contribution in [0, 0.1) is 11.2 Å². The summed E-state index contributed by atoms with van der Waals surface area (Å²) in [6, 6.07) is 6.54. The van der Waals surface area contributed by atoms with Crippen molar-refractivity contribution < 1.29 is 4.39 Å². The van der Waals surface area contributed by atoms with Gasteiger partial charge in [0, 0.05) is 6.21 Å². The quantitative estimate of drug-likeness (QED) is 0.638. The molecule has 0 aliphatic rings. The predicted octanol–water partition coefficient (Wildman–Crippen LogP) is 3.44. The number of rotatable bonds is 2. The first kappa shape index (κ1) is 10.9. The summed E-state index contributed by atoms with van der Waals surface area (Å²) in [4.78, 5) is 4.26. The Hall–Kier alpha value is -1.18. The van der Waals surface area contributed by atoms with Gasteiger partial charge in [0.25, 0.3) is 0 Å². The molecule has 0 radical (unpaired) electrons. The first-order chi connectivity index (χ1) is 6.47. The molecule has 0 N–H and O–H groups in total. The van der Waals surface area contributed by atoms with Crippen LogP contribution in [0.3, 0.4) is 0 Å². The third kappa shape index (κ3) is 4.17. The maximum atomic E-state index is 12.8. The average molecular weight is 193 g/mol. The van der Waals surface area contributed by atoms with Crippen LogP contribution in [0.2, 0.25) is 0 Å². The van der Waals surface area contributed by atoms with Crippen LogP contribution in [-0.4, -0.2) is 6.21 Å². The van der Waals surface area contributed by atoms with Gasteiger partial charge in [-0.05, 0) is 23.1 Å². The van der Waals surface area contributed by atoms with E-state index in [0.29, 0.717) is 6.54 Å². The summed E-state index contributed by atoms with van der Waals surface area (Å²) in [5, 5.41) is 0. The lowest BCUT2D eigenvalue weighted by Crippen LogP contribution is -2.06. The molecule has 0 aliphatic carbocycles. The Morgan fingerprint density at radius 2 is 2.07 bits per heavy atom. The highest BCUT2D eigenvalue weighted by atomic mass is 19.1. The highest BCUT2D eigenvalue weighted by Gasteiger charge is 2.04. The van der Waals surface area contributed by atoms with Crippen molar-refractivity contribution >= 4 is 6.21 Å². The second-order valence-corrected chi connectivity index (χ2v) is 4.47. The highest BCUT2D eigenvalue weighted by Crippen LogP contribution is 2.10. The molecule has 0 unspecified atom stereocenters. The van der Waals surface area contributed by atoms with Crippen LogP contribution >= 0.6 is 0 Å². The van der Waals surface area contributed by atoms with Crippen LogP contribution in [0.15, 0.2) is 29.3 Å². The number of hydrogen-bond donors (Lipinski definition) is 0. The van der Waals surface area contributed by atoms with E-state index < -0.39 is 0 Å². The molecule has 0 aromatic heterocycles. The zero-order valence-electron chi connectivity index (χ0n) is 8.92. The van der Waals surface area contributed by atoms with E-state index >= 15 is 0 Å². The molecule has 0 saturated carbocycles. The van der Waals surface area contributed by atoms with Gasteiger partial charge in [0.2, 0.25) is 0 Å². The van der Waals surface area contributed by atoms with E-state index in [-0.39, 0.29) is 11.2 Å². The first-order valence-corrected chi connectivity index (χ1v) is 4.73. The number of nitrogens with zero attached hydrogens (tertiary/aromatic N) is 1. The van der Waals surface area contributed by atoms with Crippen LogP contribution in [0.25, 0.3) is 0 Å². The SMILES string of the molecule is CC(C)(C)/C=N/Cc1cccc(F)c1. The largest absolute Gasteiger partial charge is 0.292 e. The van der Waals surface area contributed by atoms with Gasteiger partial charge in [-0.3, -0.25) is 4.99 Å². The minimum absolute atomic E-state index is 0.0906. The van der Waals surface area contributed by atoms with Gasteiger partial charge in [0.1, 0.15) is 5.82 Å². The number of halogens is 1. The Balaban J connectivity index is 2.58. The molecule has 1 nitrogen and oxygen atoms in total. The maximum Gasteiger partial charge on any atom is 0.123 e. The molecule has 0 atom stereocenters. The van der Waals surface area contributed by atoms with Gasteiger partial charge in [0.05, 0.1) is 6.54 Å². The molecular formula is C12H16FN. The Morgan fingerprint density at radius 1 is 1.36 bits per heavy atom. The molecule has 0 aliphatic heterocycles. The summed E-state index contributed by atoms with van der Waals surface area (Å²) in [5.41, 5.74) is 0.998. The van der Waals surface area contributed by atoms with E-state index in [4.69, 9.17) is 0 Å². The van der Waals surface area contributed by atoms with E-state index in [1.165, 1.54) is 12.1 Å². The molecular weight excluding hydrogens is 177 g/mol. The molecule has 14 heavy (non-hydrogen) atoms. The summed E-state index contributed by atoms with van der Waals surface area (Å²) >= 11 is 0. The zero-order valence-corrected chi connectivity index (χ0v) is 8.92. The molecule has 0 fully saturated rings. The second-order valence-electron chi connectivity index (χ2n) is 4.47. The van der Waals surface area contributed by atoms with Gasteiger partial charge in [-0.2, -0.15) is 0 Å². The predicted molar refractivity (Wildman–Crippen MR) is 58.1 cm³/mol. The van der Waals surface area contributed by atoms with Gasteiger partial charge < -0.3 is 0 Å². The lowest BCUT2D eigenvalue weighted by atomic mass is 9.99. The Morgan fingerprint density at radius 3 is 2.64 bits per heavy atom. The number of benzene rings is 1. The molecule has 76 valence electrons. The van der Waals surface area contributed by atoms with E-state index in [9.17, 15) is 4.39 Å². The van der Waals surface area contributed by atoms with Crippen molar-refractivity contribution in [2.75, 3.05) is 0 Å². The Labute approximate surface area is 84.7 Å². The highest BCUT2D eigenvalue weighted by molar-refractivity contribution is 5.63. The van der Waals surface area contributed by atoms with Gasteiger partial charge in [-0.25, -0.2) is 4.39 Å². The van der Waals surface area contributed by atoms with Crippen molar-refractivity contribution in [3.05, 3.63) is 35.6 Å². The molecule has 0 bridgehead atoms. The summed E-state index contributed by atoms with van der Waals surface area (Å²) in [7, 11) is 0. The van der Waals surface area contributed by atoms with Crippen LogP contribution < -0.4 is 0 Å². The fourth-order valence-electron chi connectivity index (χ4n) is 1.06. The molecule has 0 heterocycles. The number of aliphatic imine (C=N–C) groups is 1. The minimum atomic E-state index is -0.201. The van der Waals surface area contributed by atoms with Crippen LogP contribution in [0.5, 0.6) is 0 Å². The van der Waals surface area contributed by atoms with Crippen LogP contribution in [0.4, 0.5) is 4.39 Å². The maximum absolute atomic E-state index is 12.8. The lowest BCUT2D eigenvalue weighted by Gasteiger charge is -2.09. The monoisotopic (exact) mass is 193 g/mol. The Bertz CT molecular complexity index is 323. The van der Waals surface area contributed by atoms with Crippen molar-refractivity contribution in [3.63, 3.8) is 0 Å². The summed E-state index contributed by atoms with van der Waals surface area (Å²) < 4.78 is 12.8. The molecule has 0 amide bonds. The van der Waals surface area contributed by atoms with Crippen molar-refractivity contribution in [1.29, 1.82) is 0 Å². The summed E-state index contributed by atoms with van der Waals surface area (Å²) in [6.07, 6.45) is 1.90. The zero-order chi connectivity index (χ0) is 10.6. The van der Waals surface area contributed by atoms with E-state index in [1.807, 2.05) is 12.3 Å². The van der Waals surface area contributed by atoms with Crippen LogP contribution in [0.1, 0.15) is 26.3 Å². The molecule has 1 rings (SSSR count). The van der Waals surface area contributed by atoms with Gasteiger partial charge in [0.15, 0.2) is 0 Å². The van der Waals surface area contributed by atoms with Gasteiger partial charge in [-0.1, -0.05) is 32.9 Å². The average Bonchev–Trinajstić information content (AvgIpc) is 2.01. The fraction of sp³-hybridized carbons (Fsp3) is 0.417. The third-order valence-corrected chi connectivity index (χ3v) is 1.64. The smallest absolute Gasteiger partial charge is 0.123 e. The lowest BCUT2D eigenvalue weighted by molar-refractivity contribution is 0.603. The van der Waals surface area contributed by atoms with Crippen molar-refractivity contribution in [2.45, 2.75) is 27.3 Å². The van der Waals surface area contributed by atoms with E-state index in [2.05, 4.69) is 25.8 Å². The standard InChI is InChI=1S/C12H16FN/c1-12(2,3)9-14-8-10-5-4-6-11(13)7-10/h4-7,9H,8H2,1-3H3/b14-9+. The van der Waals surface area contributed by atoms with Crippen molar-refractivity contribution in [2.24, 2.45) is 10.4 Å². The molecule has 2 heteroatoms.